The van der Waals surface area contributed by atoms with Crippen LogP contribution in [-0.2, 0) is 4.79 Å². The van der Waals surface area contributed by atoms with Gasteiger partial charge in [0, 0.05) is 18.2 Å². The number of hydrazone groups is 1. The monoisotopic (exact) mass is 424 g/mol. The van der Waals surface area contributed by atoms with Crippen molar-refractivity contribution >= 4 is 23.7 Å². The fourth-order valence-electron chi connectivity index (χ4n) is 3.00. The normalized spacial score (nSPS) is 10.8. The van der Waals surface area contributed by atoms with Crippen LogP contribution in [0.4, 0.5) is 5.69 Å². The Bertz CT molecular complexity index is 1190. The number of carbonyl (C=O) groups is 2. The standard InChI is InChI=1S/C24H20N6O2/c1-17(31)26-20-14-12-18(13-15-20)16-25-28-24(32)22-27-23(19-8-4-2-5-9-19)30(29-22)21-10-6-3-7-11-21/h2-16H,1H3,(H,26,31)(H,28,32)/b25-16+. The van der Waals surface area contributed by atoms with Crippen LogP contribution in [0, 0.1) is 0 Å². The summed E-state index contributed by atoms with van der Waals surface area (Å²) in [6, 6.07) is 26.1. The Morgan fingerprint density at radius 1 is 0.906 bits per heavy atom. The molecule has 2 amide bonds. The van der Waals surface area contributed by atoms with Crippen LogP contribution in [0.2, 0.25) is 0 Å². The van der Waals surface area contributed by atoms with Crippen LogP contribution >= 0.6 is 0 Å². The molecule has 0 fully saturated rings. The molecular weight excluding hydrogens is 404 g/mol. The molecule has 32 heavy (non-hydrogen) atoms. The Balaban J connectivity index is 1.53. The quantitative estimate of drug-likeness (QED) is 0.364. The summed E-state index contributed by atoms with van der Waals surface area (Å²) < 4.78 is 1.63. The summed E-state index contributed by atoms with van der Waals surface area (Å²) in [6.45, 7) is 1.45. The number of benzene rings is 3. The molecule has 1 heterocycles. The van der Waals surface area contributed by atoms with Crippen LogP contribution in [0.1, 0.15) is 23.1 Å². The zero-order valence-electron chi connectivity index (χ0n) is 17.3. The molecule has 0 aliphatic heterocycles. The summed E-state index contributed by atoms with van der Waals surface area (Å²) in [6.07, 6.45) is 1.50. The van der Waals surface area contributed by atoms with E-state index in [1.54, 1.807) is 28.9 Å². The Labute approximate surface area is 184 Å². The van der Waals surface area contributed by atoms with Gasteiger partial charge < -0.3 is 5.32 Å². The maximum absolute atomic E-state index is 12.6. The third-order valence-corrected chi connectivity index (χ3v) is 4.45. The molecule has 0 atom stereocenters. The van der Waals surface area contributed by atoms with Gasteiger partial charge in [-0.05, 0) is 29.8 Å². The molecule has 158 valence electrons. The average Bonchev–Trinajstić information content (AvgIpc) is 3.27. The van der Waals surface area contributed by atoms with Crippen LogP contribution < -0.4 is 10.7 Å². The number of nitrogens with zero attached hydrogens (tertiary/aromatic N) is 4. The molecule has 0 spiro atoms. The first-order valence-corrected chi connectivity index (χ1v) is 9.89. The van der Waals surface area contributed by atoms with E-state index < -0.39 is 5.91 Å². The largest absolute Gasteiger partial charge is 0.326 e. The second-order valence-corrected chi connectivity index (χ2v) is 6.87. The molecular formula is C24H20N6O2. The molecule has 0 unspecified atom stereocenters. The van der Waals surface area contributed by atoms with Crippen LogP contribution in [0.25, 0.3) is 17.1 Å². The SMILES string of the molecule is CC(=O)Nc1ccc(/C=N/NC(=O)c2nc(-c3ccccc3)n(-c3ccccc3)n2)cc1. The number of hydrogen-bond donors (Lipinski definition) is 2. The number of para-hydroxylation sites is 1. The van der Waals surface area contributed by atoms with E-state index in [0.29, 0.717) is 11.5 Å². The fourth-order valence-corrected chi connectivity index (χ4v) is 3.00. The number of nitrogens with one attached hydrogen (secondary N) is 2. The van der Waals surface area contributed by atoms with Crippen LogP contribution in [0.3, 0.4) is 0 Å². The van der Waals surface area contributed by atoms with E-state index in [4.69, 9.17) is 0 Å². The molecule has 0 bridgehead atoms. The minimum atomic E-state index is -0.525. The van der Waals surface area contributed by atoms with Crippen molar-refractivity contribution in [3.05, 3.63) is 96.3 Å². The van der Waals surface area contributed by atoms with E-state index in [-0.39, 0.29) is 11.7 Å². The Kier molecular flexibility index (Phi) is 6.12. The van der Waals surface area contributed by atoms with E-state index in [1.807, 2.05) is 60.7 Å². The molecule has 0 aliphatic rings. The second-order valence-electron chi connectivity index (χ2n) is 6.87. The van der Waals surface area contributed by atoms with E-state index in [0.717, 1.165) is 16.8 Å². The number of rotatable bonds is 6. The predicted octanol–water partition coefficient (Wildman–Crippen LogP) is 3.66. The smallest absolute Gasteiger partial charge is 0.311 e. The zero-order valence-corrected chi connectivity index (χ0v) is 17.3. The maximum atomic E-state index is 12.6. The lowest BCUT2D eigenvalue weighted by molar-refractivity contribution is -0.114. The lowest BCUT2D eigenvalue weighted by Gasteiger charge is -2.05. The molecule has 8 heteroatoms. The van der Waals surface area contributed by atoms with Gasteiger partial charge in [0.05, 0.1) is 11.9 Å². The number of anilines is 1. The first kappa shape index (κ1) is 20.7. The minimum absolute atomic E-state index is 0.00543. The summed E-state index contributed by atoms with van der Waals surface area (Å²) >= 11 is 0. The van der Waals surface area contributed by atoms with Gasteiger partial charge in [0.2, 0.25) is 11.7 Å². The Morgan fingerprint density at radius 2 is 1.56 bits per heavy atom. The maximum Gasteiger partial charge on any atom is 0.311 e. The average molecular weight is 424 g/mol. The molecule has 4 aromatic rings. The topological polar surface area (TPSA) is 101 Å². The summed E-state index contributed by atoms with van der Waals surface area (Å²) in [5, 5.41) is 11.1. The molecule has 2 N–H and O–H groups in total. The van der Waals surface area contributed by atoms with E-state index in [9.17, 15) is 9.59 Å². The van der Waals surface area contributed by atoms with Gasteiger partial charge in [-0.25, -0.2) is 15.1 Å². The molecule has 1 aromatic heterocycles. The minimum Gasteiger partial charge on any atom is -0.326 e. The first-order valence-electron chi connectivity index (χ1n) is 9.89. The molecule has 0 aliphatic carbocycles. The summed E-state index contributed by atoms with van der Waals surface area (Å²) in [5.41, 5.74) is 5.53. The van der Waals surface area contributed by atoms with Crippen molar-refractivity contribution in [3.63, 3.8) is 0 Å². The van der Waals surface area contributed by atoms with Crippen molar-refractivity contribution in [2.45, 2.75) is 6.92 Å². The van der Waals surface area contributed by atoms with E-state index in [1.165, 1.54) is 13.1 Å². The molecule has 0 saturated heterocycles. The van der Waals surface area contributed by atoms with Gasteiger partial charge in [0.1, 0.15) is 0 Å². The Morgan fingerprint density at radius 3 is 2.22 bits per heavy atom. The van der Waals surface area contributed by atoms with Crippen LogP contribution in [0.5, 0.6) is 0 Å². The highest BCUT2D eigenvalue weighted by Crippen LogP contribution is 2.21. The van der Waals surface area contributed by atoms with Crippen molar-refractivity contribution in [1.82, 2.24) is 20.2 Å². The third-order valence-electron chi connectivity index (χ3n) is 4.45. The van der Waals surface area contributed by atoms with Gasteiger partial charge >= 0.3 is 5.91 Å². The van der Waals surface area contributed by atoms with Gasteiger partial charge in [-0.15, -0.1) is 5.10 Å². The zero-order chi connectivity index (χ0) is 22.3. The second kappa shape index (κ2) is 9.48. The van der Waals surface area contributed by atoms with Crippen molar-refractivity contribution in [2.24, 2.45) is 5.10 Å². The van der Waals surface area contributed by atoms with Gasteiger partial charge in [-0.3, -0.25) is 9.59 Å². The van der Waals surface area contributed by atoms with Crippen molar-refractivity contribution in [1.29, 1.82) is 0 Å². The lowest BCUT2D eigenvalue weighted by atomic mass is 10.2. The molecule has 0 radical (unpaired) electrons. The van der Waals surface area contributed by atoms with Crippen LogP contribution in [-0.4, -0.2) is 32.8 Å². The van der Waals surface area contributed by atoms with Gasteiger partial charge in [-0.1, -0.05) is 60.7 Å². The van der Waals surface area contributed by atoms with E-state index in [2.05, 4.69) is 25.9 Å². The highest BCUT2D eigenvalue weighted by Gasteiger charge is 2.18. The van der Waals surface area contributed by atoms with Gasteiger partial charge in [0.25, 0.3) is 0 Å². The van der Waals surface area contributed by atoms with Crippen molar-refractivity contribution < 1.29 is 9.59 Å². The summed E-state index contributed by atoms with van der Waals surface area (Å²) in [4.78, 5) is 28.2. The fraction of sp³-hybridized carbons (Fsp3) is 0.0417. The summed E-state index contributed by atoms with van der Waals surface area (Å²) in [5.74, 6) is -0.107. The van der Waals surface area contributed by atoms with E-state index >= 15 is 0 Å². The first-order chi connectivity index (χ1) is 15.6. The third kappa shape index (κ3) is 4.93. The summed E-state index contributed by atoms with van der Waals surface area (Å²) in [7, 11) is 0. The highest BCUT2D eigenvalue weighted by atomic mass is 16.2. The number of carbonyl (C=O) groups excluding carboxylic acids is 2. The highest BCUT2D eigenvalue weighted by molar-refractivity contribution is 5.92. The predicted molar refractivity (Wildman–Crippen MR) is 123 cm³/mol. The number of hydrogen-bond acceptors (Lipinski definition) is 5. The number of amides is 2. The van der Waals surface area contributed by atoms with Crippen molar-refractivity contribution in [3.8, 4) is 17.1 Å². The molecule has 4 rings (SSSR count). The van der Waals surface area contributed by atoms with Gasteiger partial charge in [-0.2, -0.15) is 5.10 Å². The molecule has 3 aromatic carbocycles. The lowest BCUT2D eigenvalue weighted by Crippen LogP contribution is -2.19. The number of aromatic nitrogens is 3. The van der Waals surface area contributed by atoms with Crippen molar-refractivity contribution in [2.75, 3.05) is 5.32 Å². The molecule has 0 saturated carbocycles. The van der Waals surface area contributed by atoms with Crippen LogP contribution in [0.15, 0.2) is 90.0 Å². The van der Waals surface area contributed by atoms with Gasteiger partial charge in [0.15, 0.2) is 5.82 Å². The molecule has 8 nitrogen and oxygen atoms in total. The Hall–Kier alpha value is -4.59.